The maximum absolute atomic E-state index is 13.7. The van der Waals surface area contributed by atoms with E-state index >= 15 is 0 Å². The van der Waals surface area contributed by atoms with Crippen LogP contribution in [0.2, 0.25) is 0 Å². The van der Waals surface area contributed by atoms with E-state index < -0.39 is 11.6 Å². The lowest BCUT2D eigenvalue weighted by atomic mass is 10.0. The molecule has 0 bridgehead atoms. The highest BCUT2D eigenvalue weighted by Gasteiger charge is 2.16. The van der Waals surface area contributed by atoms with Crippen molar-refractivity contribution in [3.63, 3.8) is 0 Å². The molecular weight excluding hydrogens is 248 g/mol. The van der Waals surface area contributed by atoms with E-state index in [0.717, 1.165) is 18.9 Å². The van der Waals surface area contributed by atoms with E-state index in [1.165, 1.54) is 0 Å². The summed E-state index contributed by atoms with van der Waals surface area (Å²) in [6.07, 6.45) is 1.71. The van der Waals surface area contributed by atoms with Gasteiger partial charge in [0.15, 0.2) is 23.3 Å². The van der Waals surface area contributed by atoms with Crippen molar-refractivity contribution in [1.29, 1.82) is 0 Å². The number of nitrogens with one attached hydrogen (secondary N) is 2. The van der Waals surface area contributed by atoms with E-state index in [0.29, 0.717) is 12.5 Å². The summed E-state index contributed by atoms with van der Waals surface area (Å²) in [5, 5.41) is 5.91. The van der Waals surface area contributed by atoms with Crippen LogP contribution in [-0.2, 0) is 0 Å². The second-order valence-electron chi connectivity index (χ2n) is 4.98. The van der Waals surface area contributed by atoms with Crippen LogP contribution in [-0.4, -0.2) is 17.6 Å². The number of anilines is 2. The van der Waals surface area contributed by atoms with Gasteiger partial charge in [-0.25, -0.2) is 13.8 Å². The van der Waals surface area contributed by atoms with Crippen LogP contribution in [0, 0.1) is 17.6 Å². The lowest BCUT2D eigenvalue weighted by molar-refractivity contribution is 0.502. The van der Waals surface area contributed by atoms with Crippen LogP contribution in [0.3, 0.4) is 0 Å². The molecule has 0 aliphatic rings. The highest BCUT2D eigenvalue weighted by molar-refractivity contribution is 5.48. The molecule has 0 aromatic carbocycles. The average molecular weight is 271 g/mol. The van der Waals surface area contributed by atoms with Gasteiger partial charge in [-0.1, -0.05) is 27.7 Å². The molecule has 0 radical (unpaired) electrons. The van der Waals surface area contributed by atoms with E-state index in [2.05, 4.69) is 29.5 Å². The molecule has 0 saturated carbocycles. The first kappa shape index (κ1) is 15.7. The fraction of sp³-hybridized carbons (Fsp3) is 0.643. The van der Waals surface area contributed by atoms with E-state index in [-0.39, 0.29) is 17.7 Å². The molecule has 0 fully saturated rings. The maximum atomic E-state index is 13.7. The van der Waals surface area contributed by atoms with Gasteiger partial charge in [0.05, 0.1) is 0 Å². The smallest absolute Gasteiger partial charge is 0.168 e. The van der Waals surface area contributed by atoms with Gasteiger partial charge >= 0.3 is 0 Å². The summed E-state index contributed by atoms with van der Waals surface area (Å²) in [6.45, 7) is 8.71. The zero-order chi connectivity index (χ0) is 14.4. The lowest BCUT2D eigenvalue weighted by Gasteiger charge is -2.22. The van der Waals surface area contributed by atoms with Crippen molar-refractivity contribution < 1.29 is 8.78 Å². The maximum Gasteiger partial charge on any atom is 0.168 e. The van der Waals surface area contributed by atoms with Crippen LogP contribution in [0.1, 0.15) is 40.5 Å². The van der Waals surface area contributed by atoms with Crippen LogP contribution in [0.25, 0.3) is 0 Å². The normalized spacial score (nSPS) is 12.6. The van der Waals surface area contributed by atoms with Crippen molar-refractivity contribution in [3.05, 3.63) is 17.7 Å². The van der Waals surface area contributed by atoms with E-state index in [1.807, 2.05) is 13.8 Å². The minimum atomic E-state index is -0.658. The third-order valence-corrected chi connectivity index (χ3v) is 3.04. The predicted octanol–water partition coefficient (Wildman–Crippen LogP) is 4.03. The Morgan fingerprint density at radius 2 is 1.79 bits per heavy atom. The third kappa shape index (κ3) is 4.33. The van der Waals surface area contributed by atoms with Gasteiger partial charge in [0, 0.05) is 18.7 Å². The van der Waals surface area contributed by atoms with Crippen molar-refractivity contribution in [2.45, 2.75) is 46.6 Å². The van der Waals surface area contributed by atoms with Gasteiger partial charge in [0.1, 0.15) is 0 Å². The molecule has 0 spiro atoms. The van der Waals surface area contributed by atoms with Gasteiger partial charge in [-0.2, -0.15) is 0 Å². The van der Waals surface area contributed by atoms with Crippen molar-refractivity contribution >= 4 is 11.6 Å². The van der Waals surface area contributed by atoms with Crippen molar-refractivity contribution in [3.8, 4) is 0 Å². The van der Waals surface area contributed by atoms with Crippen LogP contribution in [0.15, 0.2) is 6.07 Å². The number of hydrogen-bond acceptors (Lipinski definition) is 3. The van der Waals surface area contributed by atoms with Gasteiger partial charge in [0.2, 0.25) is 0 Å². The SMILES string of the molecule is CCCNc1nc(NC(CC)C(C)C)c(F)cc1F. The highest BCUT2D eigenvalue weighted by Crippen LogP contribution is 2.21. The van der Waals surface area contributed by atoms with Crippen molar-refractivity contribution in [2.24, 2.45) is 5.92 Å². The Morgan fingerprint density at radius 3 is 2.32 bits per heavy atom. The molecule has 108 valence electrons. The molecule has 0 aliphatic heterocycles. The Morgan fingerprint density at radius 1 is 1.16 bits per heavy atom. The molecular formula is C14H23F2N3. The fourth-order valence-electron chi connectivity index (χ4n) is 1.85. The molecule has 1 heterocycles. The molecule has 2 N–H and O–H groups in total. The van der Waals surface area contributed by atoms with Crippen LogP contribution in [0.5, 0.6) is 0 Å². The molecule has 1 rings (SSSR count). The fourth-order valence-corrected chi connectivity index (χ4v) is 1.85. The first-order valence-electron chi connectivity index (χ1n) is 6.86. The number of pyridine rings is 1. The largest absolute Gasteiger partial charge is 0.368 e. The van der Waals surface area contributed by atoms with Crippen LogP contribution < -0.4 is 10.6 Å². The van der Waals surface area contributed by atoms with Crippen molar-refractivity contribution in [1.82, 2.24) is 4.98 Å². The Hall–Kier alpha value is -1.39. The second kappa shape index (κ2) is 7.26. The van der Waals surface area contributed by atoms with Crippen molar-refractivity contribution in [2.75, 3.05) is 17.2 Å². The zero-order valence-corrected chi connectivity index (χ0v) is 12.1. The van der Waals surface area contributed by atoms with Gasteiger partial charge in [-0.05, 0) is 18.8 Å². The second-order valence-corrected chi connectivity index (χ2v) is 4.98. The van der Waals surface area contributed by atoms with Crippen LogP contribution in [0.4, 0.5) is 20.4 Å². The summed E-state index contributed by atoms with van der Waals surface area (Å²) in [7, 11) is 0. The first-order chi connectivity index (χ1) is 8.99. The molecule has 1 atom stereocenters. The van der Waals surface area contributed by atoms with Gasteiger partial charge in [-0.3, -0.25) is 0 Å². The number of nitrogens with zero attached hydrogens (tertiary/aromatic N) is 1. The van der Waals surface area contributed by atoms with Gasteiger partial charge in [0.25, 0.3) is 0 Å². The molecule has 1 unspecified atom stereocenters. The zero-order valence-electron chi connectivity index (χ0n) is 12.1. The summed E-state index contributed by atoms with van der Waals surface area (Å²) in [6, 6.07) is 0.992. The highest BCUT2D eigenvalue weighted by atomic mass is 19.1. The molecule has 0 amide bonds. The monoisotopic (exact) mass is 271 g/mol. The van der Waals surface area contributed by atoms with Gasteiger partial charge < -0.3 is 10.6 Å². The molecule has 0 saturated heterocycles. The predicted molar refractivity (Wildman–Crippen MR) is 75.5 cm³/mol. The van der Waals surface area contributed by atoms with E-state index in [1.54, 1.807) is 0 Å². The summed E-state index contributed by atoms with van der Waals surface area (Å²) in [4.78, 5) is 4.01. The molecule has 1 aromatic heterocycles. The number of halogens is 2. The molecule has 3 nitrogen and oxygen atoms in total. The van der Waals surface area contributed by atoms with Gasteiger partial charge in [-0.15, -0.1) is 0 Å². The minimum absolute atomic E-state index is 0.101. The molecule has 5 heteroatoms. The topological polar surface area (TPSA) is 37.0 Å². The average Bonchev–Trinajstić information content (AvgIpc) is 2.36. The number of hydrogen-bond donors (Lipinski definition) is 2. The minimum Gasteiger partial charge on any atom is -0.368 e. The molecule has 0 aliphatic carbocycles. The Labute approximate surface area is 113 Å². The number of aromatic nitrogens is 1. The quantitative estimate of drug-likeness (QED) is 0.786. The standard InChI is InChI=1S/C14H23F2N3/c1-5-7-17-13-10(15)8-11(16)14(19-13)18-12(6-2)9(3)4/h8-9,12H,5-7H2,1-4H3,(H2,17,18,19). The first-order valence-corrected chi connectivity index (χ1v) is 6.86. The van der Waals surface area contributed by atoms with E-state index in [4.69, 9.17) is 0 Å². The van der Waals surface area contributed by atoms with E-state index in [9.17, 15) is 8.78 Å². The summed E-state index contributed by atoms with van der Waals surface area (Å²) in [5.41, 5.74) is 0. The Balaban J connectivity index is 2.93. The Bertz CT molecular complexity index is 408. The summed E-state index contributed by atoms with van der Waals surface area (Å²) < 4.78 is 27.3. The lowest BCUT2D eigenvalue weighted by Crippen LogP contribution is -2.26. The molecule has 1 aromatic rings. The third-order valence-electron chi connectivity index (χ3n) is 3.04. The summed E-state index contributed by atoms with van der Waals surface area (Å²) >= 11 is 0. The number of rotatable bonds is 7. The molecule has 19 heavy (non-hydrogen) atoms. The van der Waals surface area contributed by atoms with Crippen LogP contribution >= 0.6 is 0 Å². The summed E-state index contributed by atoms with van der Waals surface area (Å²) in [5.74, 6) is -0.749. The Kier molecular flexibility index (Phi) is 5.99.